The molecular weight excluding hydrogens is 269 g/mol. The summed E-state index contributed by atoms with van der Waals surface area (Å²) >= 11 is 0. The van der Waals surface area contributed by atoms with Crippen LogP contribution >= 0.6 is 0 Å². The second-order valence-corrected chi connectivity index (χ2v) is 5.13. The molecule has 1 aromatic carbocycles. The Kier molecular flexibility index (Phi) is 5.33. The van der Waals surface area contributed by atoms with Crippen molar-refractivity contribution in [3.8, 4) is 5.75 Å². The zero-order chi connectivity index (χ0) is 15.2. The van der Waals surface area contributed by atoms with Gasteiger partial charge in [-0.2, -0.15) is 5.10 Å². The van der Waals surface area contributed by atoms with Gasteiger partial charge in [0, 0.05) is 19.3 Å². The van der Waals surface area contributed by atoms with Gasteiger partial charge in [0.25, 0.3) is 0 Å². The van der Waals surface area contributed by atoms with Crippen LogP contribution in [0, 0.1) is 5.82 Å². The summed E-state index contributed by atoms with van der Waals surface area (Å²) in [5.41, 5.74) is 2.17. The Bertz CT molecular complexity index is 583. The summed E-state index contributed by atoms with van der Waals surface area (Å²) in [4.78, 5) is 0. The van der Waals surface area contributed by atoms with Crippen molar-refractivity contribution in [2.24, 2.45) is 7.05 Å². The molecule has 0 spiro atoms. The molecule has 1 aromatic heterocycles. The van der Waals surface area contributed by atoms with Gasteiger partial charge >= 0.3 is 0 Å². The first-order chi connectivity index (χ1) is 10.1. The van der Waals surface area contributed by atoms with Gasteiger partial charge < -0.3 is 10.1 Å². The third-order valence-electron chi connectivity index (χ3n) is 3.42. The summed E-state index contributed by atoms with van der Waals surface area (Å²) in [6.07, 6.45) is 5.72. The average molecular weight is 291 g/mol. The molecular formula is C16H22FN3O. The van der Waals surface area contributed by atoms with Crippen molar-refractivity contribution in [2.45, 2.75) is 25.8 Å². The first kappa shape index (κ1) is 15.5. The molecule has 21 heavy (non-hydrogen) atoms. The molecule has 0 fully saturated rings. The summed E-state index contributed by atoms with van der Waals surface area (Å²) in [5.74, 6) is -0.0566. The molecule has 1 heterocycles. The van der Waals surface area contributed by atoms with E-state index >= 15 is 0 Å². The van der Waals surface area contributed by atoms with Crippen LogP contribution in [0.2, 0.25) is 0 Å². The number of rotatable bonds is 7. The van der Waals surface area contributed by atoms with Gasteiger partial charge in [-0.1, -0.05) is 13.0 Å². The first-order valence-corrected chi connectivity index (χ1v) is 7.18. The minimum absolute atomic E-state index is 0.114. The summed E-state index contributed by atoms with van der Waals surface area (Å²) < 4.78 is 20.4. The van der Waals surface area contributed by atoms with Crippen molar-refractivity contribution in [1.29, 1.82) is 0 Å². The van der Waals surface area contributed by atoms with E-state index in [1.165, 1.54) is 13.2 Å². The van der Waals surface area contributed by atoms with E-state index in [0.717, 1.165) is 30.5 Å². The molecule has 2 rings (SSSR count). The summed E-state index contributed by atoms with van der Waals surface area (Å²) in [6.45, 7) is 3.03. The van der Waals surface area contributed by atoms with Crippen molar-refractivity contribution in [1.82, 2.24) is 15.1 Å². The van der Waals surface area contributed by atoms with E-state index in [4.69, 9.17) is 4.74 Å². The van der Waals surface area contributed by atoms with Gasteiger partial charge in [-0.05, 0) is 42.6 Å². The predicted molar refractivity (Wildman–Crippen MR) is 80.9 cm³/mol. The van der Waals surface area contributed by atoms with Crippen LogP contribution in [-0.2, 0) is 13.5 Å². The molecule has 0 radical (unpaired) electrons. The highest BCUT2D eigenvalue weighted by atomic mass is 19.1. The number of aromatic nitrogens is 2. The molecule has 0 saturated heterocycles. The molecule has 0 bridgehead atoms. The van der Waals surface area contributed by atoms with Crippen LogP contribution in [0.1, 0.15) is 30.5 Å². The van der Waals surface area contributed by atoms with Crippen LogP contribution in [-0.4, -0.2) is 23.4 Å². The number of aryl methyl sites for hydroxylation is 1. The van der Waals surface area contributed by atoms with Gasteiger partial charge in [-0.25, -0.2) is 4.39 Å². The lowest BCUT2D eigenvalue weighted by Gasteiger charge is -2.19. The number of nitrogens with one attached hydrogen (secondary N) is 1. The number of benzene rings is 1. The smallest absolute Gasteiger partial charge is 0.165 e. The van der Waals surface area contributed by atoms with Crippen LogP contribution in [0.15, 0.2) is 30.6 Å². The van der Waals surface area contributed by atoms with Crippen molar-refractivity contribution < 1.29 is 9.13 Å². The Morgan fingerprint density at radius 3 is 2.86 bits per heavy atom. The quantitative estimate of drug-likeness (QED) is 0.852. The molecule has 1 N–H and O–H groups in total. The topological polar surface area (TPSA) is 39.1 Å². The van der Waals surface area contributed by atoms with E-state index in [1.54, 1.807) is 10.7 Å². The molecule has 5 heteroatoms. The highest BCUT2D eigenvalue weighted by Crippen LogP contribution is 2.25. The number of nitrogens with zero attached hydrogens (tertiary/aromatic N) is 2. The predicted octanol–water partition coefficient (Wildman–Crippen LogP) is 2.85. The van der Waals surface area contributed by atoms with Crippen molar-refractivity contribution >= 4 is 0 Å². The molecule has 4 nitrogen and oxygen atoms in total. The maximum atomic E-state index is 13.6. The fraction of sp³-hybridized carbons (Fsp3) is 0.438. The molecule has 0 aliphatic heterocycles. The Hall–Kier alpha value is -1.88. The lowest BCUT2D eigenvalue weighted by atomic mass is 10.00. The zero-order valence-electron chi connectivity index (χ0n) is 12.8. The fourth-order valence-corrected chi connectivity index (χ4v) is 2.33. The molecule has 0 saturated carbocycles. The SMILES string of the molecule is CCCNC(Cc1cnn(C)c1)c1ccc(F)c(OC)c1. The number of halogens is 1. The van der Waals surface area contributed by atoms with Gasteiger partial charge in [0.1, 0.15) is 0 Å². The molecule has 2 aromatic rings. The van der Waals surface area contributed by atoms with Gasteiger partial charge in [-0.15, -0.1) is 0 Å². The monoisotopic (exact) mass is 291 g/mol. The molecule has 1 unspecified atom stereocenters. The maximum absolute atomic E-state index is 13.6. The van der Waals surface area contributed by atoms with Crippen molar-refractivity contribution in [2.75, 3.05) is 13.7 Å². The largest absolute Gasteiger partial charge is 0.494 e. The Morgan fingerprint density at radius 1 is 1.43 bits per heavy atom. The van der Waals surface area contributed by atoms with Crippen LogP contribution < -0.4 is 10.1 Å². The van der Waals surface area contributed by atoms with Crippen molar-refractivity contribution in [3.05, 3.63) is 47.5 Å². The molecule has 0 aliphatic rings. The molecule has 114 valence electrons. The summed E-state index contributed by atoms with van der Waals surface area (Å²) in [7, 11) is 3.39. The Morgan fingerprint density at radius 2 is 2.24 bits per heavy atom. The minimum atomic E-state index is -0.336. The highest BCUT2D eigenvalue weighted by Gasteiger charge is 2.15. The number of hydrogen-bond donors (Lipinski definition) is 1. The first-order valence-electron chi connectivity index (χ1n) is 7.18. The fourth-order valence-electron chi connectivity index (χ4n) is 2.33. The minimum Gasteiger partial charge on any atom is -0.494 e. The van der Waals surface area contributed by atoms with Crippen LogP contribution in [0.4, 0.5) is 4.39 Å². The second kappa shape index (κ2) is 7.22. The van der Waals surface area contributed by atoms with E-state index in [9.17, 15) is 4.39 Å². The van der Waals surface area contributed by atoms with Crippen LogP contribution in [0.5, 0.6) is 5.75 Å². The van der Waals surface area contributed by atoms with E-state index in [-0.39, 0.29) is 17.6 Å². The lowest BCUT2D eigenvalue weighted by Crippen LogP contribution is -2.24. The van der Waals surface area contributed by atoms with Crippen LogP contribution in [0.25, 0.3) is 0 Å². The standard InChI is InChI=1S/C16H22FN3O/c1-4-7-18-15(8-12-10-19-20(2)11-12)13-5-6-14(17)16(9-13)21-3/h5-6,9-11,15,18H,4,7-8H2,1-3H3. The number of methoxy groups -OCH3 is 1. The van der Waals surface area contributed by atoms with Crippen LogP contribution in [0.3, 0.4) is 0 Å². The van der Waals surface area contributed by atoms with Gasteiger partial charge in [0.15, 0.2) is 11.6 Å². The zero-order valence-corrected chi connectivity index (χ0v) is 12.8. The lowest BCUT2D eigenvalue weighted by molar-refractivity contribution is 0.384. The third kappa shape index (κ3) is 4.04. The van der Waals surface area contributed by atoms with E-state index in [2.05, 4.69) is 17.3 Å². The molecule has 0 amide bonds. The van der Waals surface area contributed by atoms with Gasteiger partial charge in [0.2, 0.25) is 0 Å². The Balaban J connectivity index is 2.22. The summed E-state index contributed by atoms with van der Waals surface area (Å²) in [5, 5.41) is 7.69. The Labute approximate surface area is 124 Å². The van der Waals surface area contributed by atoms with E-state index in [0.29, 0.717) is 0 Å². The third-order valence-corrected chi connectivity index (χ3v) is 3.42. The second-order valence-electron chi connectivity index (χ2n) is 5.13. The summed E-state index contributed by atoms with van der Waals surface area (Å²) in [6, 6.07) is 5.14. The maximum Gasteiger partial charge on any atom is 0.165 e. The molecule has 0 aliphatic carbocycles. The van der Waals surface area contributed by atoms with Gasteiger partial charge in [-0.3, -0.25) is 4.68 Å². The van der Waals surface area contributed by atoms with Crippen molar-refractivity contribution in [3.63, 3.8) is 0 Å². The normalized spacial score (nSPS) is 12.4. The van der Waals surface area contributed by atoms with Gasteiger partial charge in [0.05, 0.1) is 13.3 Å². The van der Waals surface area contributed by atoms with E-state index in [1.807, 2.05) is 25.5 Å². The molecule has 1 atom stereocenters. The van der Waals surface area contributed by atoms with E-state index < -0.39 is 0 Å². The average Bonchev–Trinajstić information content (AvgIpc) is 2.89. The highest BCUT2D eigenvalue weighted by molar-refractivity contribution is 5.33. The number of hydrogen-bond acceptors (Lipinski definition) is 3. The number of ether oxygens (including phenoxy) is 1.